The third kappa shape index (κ3) is 3.64. The van der Waals surface area contributed by atoms with Crippen molar-refractivity contribution in [3.63, 3.8) is 0 Å². The van der Waals surface area contributed by atoms with Crippen LogP contribution in [0.1, 0.15) is 24.8 Å². The Morgan fingerprint density at radius 2 is 1.96 bits per heavy atom. The van der Waals surface area contributed by atoms with Crippen LogP contribution >= 0.6 is 0 Å². The lowest BCUT2D eigenvalue weighted by Crippen LogP contribution is -2.37. The van der Waals surface area contributed by atoms with Crippen molar-refractivity contribution >= 4 is 33.2 Å². The van der Waals surface area contributed by atoms with Crippen LogP contribution in [0.5, 0.6) is 0 Å². The number of nitrogens with one attached hydrogen (secondary N) is 2. The second-order valence-electron chi connectivity index (χ2n) is 5.98. The number of aryl methyl sites for hydroxylation is 1. The standard InChI is InChI=1S/C15H19N3O4S/c1-23(21,22)18-8-2-3-10-4-5-12(9-13(10)18)17-15(20)14(19)16-11-6-7-11/h4-5,9,11H,2-3,6-8H2,1H3,(H,16,19)(H,17,20). The Bertz CT molecular complexity index is 756. The van der Waals surface area contributed by atoms with Gasteiger partial charge in [0, 0.05) is 18.3 Å². The van der Waals surface area contributed by atoms with Gasteiger partial charge in [-0.05, 0) is 43.4 Å². The van der Waals surface area contributed by atoms with Gasteiger partial charge in [0.2, 0.25) is 10.0 Å². The van der Waals surface area contributed by atoms with Gasteiger partial charge in [0.25, 0.3) is 0 Å². The number of amides is 2. The van der Waals surface area contributed by atoms with Crippen LogP contribution in [0.25, 0.3) is 0 Å². The van der Waals surface area contributed by atoms with Crippen LogP contribution in [0.15, 0.2) is 18.2 Å². The van der Waals surface area contributed by atoms with Gasteiger partial charge in [0.15, 0.2) is 0 Å². The van der Waals surface area contributed by atoms with Crippen molar-refractivity contribution in [2.24, 2.45) is 0 Å². The Hall–Kier alpha value is -2.09. The zero-order valence-corrected chi connectivity index (χ0v) is 13.6. The summed E-state index contributed by atoms with van der Waals surface area (Å²) in [7, 11) is -3.37. The van der Waals surface area contributed by atoms with Gasteiger partial charge in [-0.1, -0.05) is 6.07 Å². The maximum atomic E-state index is 11.9. The fourth-order valence-corrected chi connectivity index (χ4v) is 3.62. The van der Waals surface area contributed by atoms with Gasteiger partial charge in [-0.25, -0.2) is 8.42 Å². The lowest BCUT2D eigenvalue weighted by atomic mass is 10.0. The quantitative estimate of drug-likeness (QED) is 0.790. The summed E-state index contributed by atoms with van der Waals surface area (Å²) in [4.78, 5) is 23.5. The Labute approximate surface area is 135 Å². The van der Waals surface area contributed by atoms with Crippen molar-refractivity contribution in [1.29, 1.82) is 0 Å². The molecule has 2 N–H and O–H groups in total. The molecule has 0 aromatic heterocycles. The molecule has 124 valence electrons. The highest BCUT2D eigenvalue weighted by Gasteiger charge is 2.27. The van der Waals surface area contributed by atoms with Gasteiger partial charge in [0.05, 0.1) is 11.9 Å². The summed E-state index contributed by atoms with van der Waals surface area (Å²) in [5.41, 5.74) is 1.90. The Kier molecular flexibility index (Phi) is 4.01. The molecule has 8 heteroatoms. The number of carbonyl (C=O) groups excluding carboxylic acids is 2. The minimum absolute atomic E-state index is 0.109. The van der Waals surface area contributed by atoms with Gasteiger partial charge in [-0.2, -0.15) is 0 Å². The fourth-order valence-electron chi connectivity index (χ4n) is 2.63. The molecule has 1 heterocycles. The Morgan fingerprint density at radius 3 is 2.61 bits per heavy atom. The number of benzene rings is 1. The number of anilines is 2. The molecule has 0 atom stereocenters. The second kappa shape index (κ2) is 5.84. The maximum Gasteiger partial charge on any atom is 0.313 e. The van der Waals surface area contributed by atoms with E-state index < -0.39 is 21.8 Å². The smallest absolute Gasteiger partial charge is 0.313 e. The number of hydrogen-bond acceptors (Lipinski definition) is 4. The summed E-state index contributed by atoms with van der Waals surface area (Å²) in [6.45, 7) is 0.422. The number of nitrogens with zero attached hydrogens (tertiary/aromatic N) is 1. The largest absolute Gasteiger partial charge is 0.345 e. The minimum atomic E-state index is -3.37. The average molecular weight is 337 g/mol. The molecule has 23 heavy (non-hydrogen) atoms. The summed E-state index contributed by atoms with van der Waals surface area (Å²) in [5.74, 6) is -1.40. The van der Waals surface area contributed by atoms with Crippen molar-refractivity contribution < 1.29 is 18.0 Å². The predicted octanol–water partition coefficient (Wildman–Crippen LogP) is 0.616. The normalized spacial score (nSPS) is 17.3. The highest BCUT2D eigenvalue weighted by molar-refractivity contribution is 7.92. The molecule has 1 aliphatic heterocycles. The van der Waals surface area contributed by atoms with Crippen molar-refractivity contribution in [3.8, 4) is 0 Å². The zero-order valence-electron chi connectivity index (χ0n) is 12.8. The molecule has 1 aliphatic carbocycles. The fraction of sp³-hybridized carbons (Fsp3) is 0.467. The molecule has 0 saturated heterocycles. The average Bonchev–Trinajstić information content (AvgIpc) is 3.29. The number of sulfonamides is 1. The molecule has 1 saturated carbocycles. The molecule has 0 radical (unpaired) electrons. The van der Waals surface area contributed by atoms with Crippen LogP contribution in [-0.4, -0.2) is 39.1 Å². The monoisotopic (exact) mass is 337 g/mol. The van der Waals surface area contributed by atoms with E-state index in [0.29, 0.717) is 17.9 Å². The third-order valence-electron chi connectivity index (χ3n) is 3.94. The zero-order chi connectivity index (χ0) is 16.6. The first-order valence-corrected chi connectivity index (χ1v) is 9.42. The Morgan fingerprint density at radius 1 is 1.22 bits per heavy atom. The third-order valence-corrected chi connectivity index (χ3v) is 5.12. The molecule has 0 spiro atoms. The molecule has 1 fully saturated rings. The molecule has 1 aromatic rings. The van der Waals surface area contributed by atoms with E-state index >= 15 is 0 Å². The van der Waals surface area contributed by atoms with Crippen molar-refractivity contribution in [3.05, 3.63) is 23.8 Å². The lowest BCUT2D eigenvalue weighted by Gasteiger charge is -2.29. The number of rotatable bonds is 3. The molecule has 3 rings (SSSR count). The molecule has 1 aromatic carbocycles. The van der Waals surface area contributed by atoms with Gasteiger partial charge in [0.1, 0.15) is 0 Å². The van der Waals surface area contributed by atoms with Gasteiger partial charge < -0.3 is 10.6 Å². The van der Waals surface area contributed by atoms with Crippen LogP contribution in [0.3, 0.4) is 0 Å². The van der Waals surface area contributed by atoms with Crippen LogP contribution in [0, 0.1) is 0 Å². The Balaban J connectivity index is 1.79. The van der Waals surface area contributed by atoms with Crippen LogP contribution in [-0.2, 0) is 26.0 Å². The minimum Gasteiger partial charge on any atom is -0.345 e. The molecule has 7 nitrogen and oxygen atoms in total. The first-order valence-electron chi connectivity index (χ1n) is 7.57. The SMILES string of the molecule is CS(=O)(=O)N1CCCc2ccc(NC(=O)C(=O)NC3CC3)cc21. The van der Waals surface area contributed by atoms with E-state index in [1.54, 1.807) is 18.2 Å². The van der Waals surface area contributed by atoms with Gasteiger partial charge >= 0.3 is 11.8 Å². The van der Waals surface area contributed by atoms with E-state index in [2.05, 4.69) is 10.6 Å². The number of fused-ring (bicyclic) bond motifs is 1. The van der Waals surface area contributed by atoms with E-state index in [0.717, 1.165) is 37.5 Å². The van der Waals surface area contributed by atoms with Gasteiger partial charge in [-0.3, -0.25) is 13.9 Å². The van der Waals surface area contributed by atoms with Crippen LogP contribution in [0.4, 0.5) is 11.4 Å². The van der Waals surface area contributed by atoms with Crippen molar-refractivity contribution in [2.75, 3.05) is 22.4 Å². The summed E-state index contributed by atoms with van der Waals surface area (Å²) < 4.78 is 25.1. The topological polar surface area (TPSA) is 95.6 Å². The molecule has 2 amide bonds. The molecule has 0 bridgehead atoms. The maximum absolute atomic E-state index is 11.9. The molecule has 0 unspecified atom stereocenters. The van der Waals surface area contributed by atoms with Crippen molar-refractivity contribution in [2.45, 2.75) is 31.7 Å². The summed E-state index contributed by atoms with van der Waals surface area (Å²) in [5, 5.41) is 5.14. The van der Waals surface area contributed by atoms with E-state index in [9.17, 15) is 18.0 Å². The van der Waals surface area contributed by atoms with Crippen LogP contribution in [0.2, 0.25) is 0 Å². The predicted molar refractivity (Wildman–Crippen MR) is 86.7 cm³/mol. The molecular formula is C15H19N3O4S. The highest BCUT2D eigenvalue weighted by atomic mass is 32.2. The molecule has 2 aliphatic rings. The summed E-state index contributed by atoms with van der Waals surface area (Å²) >= 11 is 0. The first kappa shape index (κ1) is 15.8. The second-order valence-corrected chi connectivity index (χ2v) is 7.89. The van der Waals surface area contributed by atoms with Crippen LogP contribution < -0.4 is 14.9 Å². The molecular weight excluding hydrogens is 318 g/mol. The highest BCUT2D eigenvalue weighted by Crippen LogP contribution is 2.31. The summed E-state index contributed by atoms with van der Waals surface area (Å²) in [6.07, 6.45) is 4.52. The number of carbonyl (C=O) groups is 2. The van der Waals surface area contributed by atoms with E-state index in [1.807, 2.05) is 0 Å². The summed E-state index contributed by atoms with van der Waals surface area (Å²) in [6, 6.07) is 5.20. The van der Waals surface area contributed by atoms with Crippen molar-refractivity contribution in [1.82, 2.24) is 5.32 Å². The van der Waals surface area contributed by atoms with E-state index in [4.69, 9.17) is 0 Å². The van der Waals surface area contributed by atoms with Gasteiger partial charge in [-0.15, -0.1) is 0 Å². The lowest BCUT2D eigenvalue weighted by molar-refractivity contribution is -0.136. The first-order chi connectivity index (χ1) is 10.8. The van der Waals surface area contributed by atoms with E-state index in [-0.39, 0.29) is 6.04 Å². The number of hydrogen-bond donors (Lipinski definition) is 2. The van der Waals surface area contributed by atoms with E-state index in [1.165, 1.54) is 4.31 Å².